The van der Waals surface area contributed by atoms with Gasteiger partial charge in [0.2, 0.25) is 11.0 Å². The van der Waals surface area contributed by atoms with Crippen molar-refractivity contribution in [1.82, 2.24) is 15.5 Å². The van der Waals surface area contributed by atoms with Crippen molar-refractivity contribution < 1.29 is 4.79 Å². The van der Waals surface area contributed by atoms with Gasteiger partial charge in [0, 0.05) is 6.04 Å². The first kappa shape index (κ1) is 11.1. The molecule has 0 spiro atoms. The summed E-state index contributed by atoms with van der Waals surface area (Å²) in [7, 11) is 0. The normalized spacial score (nSPS) is 12.4. The van der Waals surface area contributed by atoms with Gasteiger partial charge in [-0.2, -0.15) is 0 Å². The largest absolute Gasteiger partial charge is 0.306 e. The quantitative estimate of drug-likeness (QED) is 0.763. The van der Waals surface area contributed by atoms with Gasteiger partial charge in [0.05, 0.1) is 6.54 Å². The molecule has 0 saturated heterocycles. The van der Waals surface area contributed by atoms with Gasteiger partial charge in [0.15, 0.2) is 0 Å². The van der Waals surface area contributed by atoms with Crippen LogP contribution in [0, 0.1) is 0 Å². The van der Waals surface area contributed by atoms with Crippen LogP contribution in [0.2, 0.25) is 0 Å². The Kier molecular flexibility index (Phi) is 4.48. The van der Waals surface area contributed by atoms with Gasteiger partial charge in [0.1, 0.15) is 5.51 Å². The topological polar surface area (TPSA) is 66.9 Å². The van der Waals surface area contributed by atoms with Crippen molar-refractivity contribution in [2.75, 3.05) is 11.9 Å². The zero-order valence-corrected chi connectivity index (χ0v) is 9.10. The molecule has 1 aromatic heterocycles. The van der Waals surface area contributed by atoms with Crippen LogP contribution in [0.4, 0.5) is 5.13 Å². The minimum absolute atomic E-state index is 0.0814. The third-order valence-corrected chi connectivity index (χ3v) is 2.44. The molecule has 0 radical (unpaired) electrons. The molecule has 0 aliphatic carbocycles. The Bertz CT molecular complexity index is 275. The number of nitrogens with zero attached hydrogens (tertiary/aromatic N) is 2. The molecule has 0 aromatic carbocycles. The van der Waals surface area contributed by atoms with Crippen LogP contribution in [0.1, 0.15) is 20.3 Å². The zero-order chi connectivity index (χ0) is 10.4. The molecule has 1 unspecified atom stereocenters. The highest BCUT2D eigenvalue weighted by Gasteiger charge is 2.05. The van der Waals surface area contributed by atoms with Gasteiger partial charge in [-0.3, -0.25) is 10.1 Å². The first-order valence-electron chi connectivity index (χ1n) is 4.51. The van der Waals surface area contributed by atoms with Crippen LogP contribution in [0.25, 0.3) is 0 Å². The van der Waals surface area contributed by atoms with Crippen molar-refractivity contribution in [3.8, 4) is 0 Å². The van der Waals surface area contributed by atoms with Crippen molar-refractivity contribution in [2.45, 2.75) is 26.3 Å². The minimum atomic E-state index is -0.0814. The molecule has 1 rings (SSSR count). The van der Waals surface area contributed by atoms with E-state index in [1.807, 2.05) is 6.92 Å². The monoisotopic (exact) mass is 214 g/mol. The van der Waals surface area contributed by atoms with Gasteiger partial charge in [-0.15, -0.1) is 10.2 Å². The maximum Gasteiger partial charge on any atom is 0.240 e. The molecule has 0 aliphatic rings. The van der Waals surface area contributed by atoms with Crippen LogP contribution < -0.4 is 10.6 Å². The van der Waals surface area contributed by atoms with E-state index in [-0.39, 0.29) is 5.91 Å². The highest BCUT2D eigenvalue weighted by atomic mass is 32.1. The van der Waals surface area contributed by atoms with Crippen LogP contribution in [0.15, 0.2) is 5.51 Å². The number of rotatable bonds is 5. The fraction of sp³-hybridized carbons (Fsp3) is 0.625. The molecular weight excluding hydrogens is 200 g/mol. The third kappa shape index (κ3) is 3.80. The summed E-state index contributed by atoms with van der Waals surface area (Å²) in [5, 5.41) is 13.6. The molecule has 0 saturated carbocycles. The number of amides is 1. The Balaban J connectivity index is 2.23. The third-order valence-electron chi connectivity index (χ3n) is 1.83. The summed E-state index contributed by atoms with van der Waals surface area (Å²) < 4.78 is 0. The van der Waals surface area contributed by atoms with E-state index in [1.165, 1.54) is 11.3 Å². The standard InChI is InChI=1S/C8H14N4OS/c1-3-6(2)9-4-7(13)11-8-12-10-5-14-8/h5-6,9H,3-4H2,1-2H3,(H,11,12,13). The molecule has 1 amide bonds. The van der Waals surface area contributed by atoms with E-state index < -0.39 is 0 Å². The van der Waals surface area contributed by atoms with Gasteiger partial charge in [0.25, 0.3) is 0 Å². The minimum Gasteiger partial charge on any atom is -0.306 e. The van der Waals surface area contributed by atoms with Crippen LogP contribution in [0.5, 0.6) is 0 Å². The number of hydrogen-bond acceptors (Lipinski definition) is 5. The number of nitrogens with one attached hydrogen (secondary N) is 2. The second-order valence-electron chi connectivity index (χ2n) is 2.98. The van der Waals surface area contributed by atoms with Crippen molar-refractivity contribution in [3.05, 3.63) is 5.51 Å². The lowest BCUT2D eigenvalue weighted by Crippen LogP contribution is -2.33. The van der Waals surface area contributed by atoms with Gasteiger partial charge in [-0.05, 0) is 13.3 Å². The Morgan fingerprint density at radius 1 is 1.71 bits per heavy atom. The Morgan fingerprint density at radius 3 is 3.07 bits per heavy atom. The second-order valence-corrected chi connectivity index (χ2v) is 3.82. The Labute approximate surface area is 86.9 Å². The molecule has 78 valence electrons. The van der Waals surface area contributed by atoms with Crippen LogP contribution in [-0.2, 0) is 4.79 Å². The van der Waals surface area contributed by atoms with Gasteiger partial charge >= 0.3 is 0 Å². The summed E-state index contributed by atoms with van der Waals surface area (Å²) in [6.45, 7) is 4.42. The molecule has 1 aromatic rings. The van der Waals surface area contributed by atoms with Gasteiger partial charge in [-0.25, -0.2) is 0 Å². The van der Waals surface area contributed by atoms with E-state index in [9.17, 15) is 4.79 Å². The SMILES string of the molecule is CCC(C)NCC(=O)Nc1nncs1. The highest BCUT2D eigenvalue weighted by molar-refractivity contribution is 7.13. The molecule has 6 heteroatoms. The molecule has 0 bridgehead atoms. The van der Waals surface area contributed by atoms with E-state index in [2.05, 4.69) is 27.8 Å². The number of anilines is 1. The predicted octanol–water partition coefficient (Wildman–Crippen LogP) is 0.865. The molecule has 1 atom stereocenters. The molecule has 1 heterocycles. The van der Waals surface area contributed by atoms with Gasteiger partial charge in [-0.1, -0.05) is 18.3 Å². The first-order chi connectivity index (χ1) is 6.72. The summed E-state index contributed by atoms with van der Waals surface area (Å²) in [5.41, 5.74) is 1.58. The number of carbonyl (C=O) groups is 1. The molecule has 0 fully saturated rings. The van der Waals surface area contributed by atoms with Crippen LogP contribution in [0.3, 0.4) is 0 Å². The summed E-state index contributed by atoms with van der Waals surface area (Å²) in [5.74, 6) is -0.0814. The van der Waals surface area contributed by atoms with E-state index in [0.29, 0.717) is 17.7 Å². The fourth-order valence-electron chi connectivity index (χ4n) is 0.802. The molecule has 2 N–H and O–H groups in total. The lowest BCUT2D eigenvalue weighted by molar-refractivity contribution is -0.115. The molecule has 5 nitrogen and oxygen atoms in total. The Hall–Kier alpha value is -1.01. The average Bonchev–Trinajstić information content (AvgIpc) is 2.66. The highest BCUT2D eigenvalue weighted by Crippen LogP contribution is 2.06. The maximum atomic E-state index is 11.3. The first-order valence-corrected chi connectivity index (χ1v) is 5.39. The Morgan fingerprint density at radius 2 is 2.50 bits per heavy atom. The number of hydrogen-bond donors (Lipinski definition) is 2. The van der Waals surface area contributed by atoms with E-state index in [1.54, 1.807) is 5.51 Å². The van der Waals surface area contributed by atoms with Crippen molar-refractivity contribution in [1.29, 1.82) is 0 Å². The average molecular weight is 214 g/mol. The van der Waals surface area contributed by atoms with Crippen molar-refractivity contribution in [2.24, 2.45) is 0 Å². The molecular formula is C8H14N4OS. The van der Waals surface area contributed by atoms with E-state index >= 15 is 0 Å². The van der Waals surface area contributed by atoms with Gasteiger partial charge < -0.3 is 5.32 Å². The lowest BCUT2D eigenvalue weighted by Gasteiger charge is -2.09. The van der Waals surface area contributed by atoms with E-state index in [4.69, 9.17) is 0 Å². The summed E-state index contributed by atoms with van der Waals surface area (Å²) >= 11 is 1.31. The smallest absolute Gasteiger partial charge is 0.240 e. The lowest BCUT2D eigenvalue weighted by atomic mass is 10.2. The van der Waals surface area contributed by atoms with Crippen LogP contribution >= 0.6 is 11.3 Å². The molecule has 14 heavy (non-hydrogen) atoms. The number of aromatic nitrogens is 2. The zero-order valence-electron chi connectivity index (χ0n) is 8.28. The van der Waals surface area contributed by atoms with Crippen molar-refractivity contribution in [3.63, 3.8) is 0 Å². The van der Waals surface area contributed by atoms with E-state index in [0.717, 1.165) is 6.42 Å². The predicted molar refractivity (Wildman–Crippen MR) is 56.3 cm³/mol. The van der Waals surface area contributed by atoms with Crippen LogP contribution in [-0.4, -0.2) is 28.7 Å². The molecule has 0 aliphatic heterocycles. The summed E-state index contributed by atoms with van der Waals surface area (Å²) in [6, 6.07) is 0.357. The van der Waals surface area contributed by atoms with Crippen molar-refractivity contribution >= 4 is 22.4 Å². The summed E-state index contributed by atoms with van der Waals surface area (Å²) in [6.07, 6.45) is 1.01. The fourth-order valence-corrected chi connectivity index (χ4v) is 1.26. The maximum absolute atomic E-state index is 11.3. The second kappa shape index (κ2) is 5.66. The number of carbonyl (C=O) groups excluding carboxylic acids is 1. The summed E-state index contributed by atoms with van der Waals surface area (Å²) in [4.78, 5) is 11.3.